The van der Waals surface area contributed by atoms with E-state index in [4.69, 9.17) is 0 Å². The quantitative estimate of drug-likeness (QED) is 0.523. The van der Waals surface area contributed by atoms with E-state index in [9.17, 15) is 14.7 Å². The Morgan fingerprint density at radius 3 is 2.58 bits per heavy atom. The highest BCUT2D eigenvalue weighted by molar-refractivity contribution is 9.10. The van der Waals surface area contributed by atoms with Crippen LogP contribution in [0.5, 0.6) is 5.75 Å². The zero-order valence-corrected chi connectivity index (χ0v) is 14.3. The van der Waals surface area contributed by atoms with Gasteiger partial charge < -0.3 is 10.4 Å². The van der Waals surface area contributed by atoms with Gasteiger partial charge in [-0.05, 0) is 40.2 Å². The summed E-state index contributed by atoms with van der Waals surface area (Å²) in [7, 11) is 0. The van der Waals surface area contributed by atoms with Crippen molar-refractivity contribution in [1.82, 2.24) is 10.7 Å². The van der Waals surface area contributed by atoms with E-state index in [1.807, 2.05) is 6.07 Å². The van der Waals surface area contributed by atoms with Crippen LogP contribution in [0.1, 0.15) is 22.3 Å². The molecule has 2 rings (SSSR count). The van der Waals surface area contributed by atoms with Gasteiger partial charge in [-0.15, -0.1) is 0 Å². The van der Waals surface area contributed by atoms with Crippen LogP contribution < -0.4 is 10.7 Å². The molecule has 0 bridgehead atoms. The first-order valence-electron chi connectivity index (χ1n) is 7.20. The Labute approximate surface area is 147 Å². The van der Waals surface area contributed by atoms with Gasteiger partial charge in [-0.3, -0.25) is 9.59 Å². The molecule has 7 heteroatoms. The molecule has 0 aliphatic rings. The minimum absolute atomic E-state index is 0.0798. The summed E-state index contributed by atoms with van der Waals surface area (Å²) in [6.07, 6.45) is 1.45. The zero-order chi connectivity index (χ0) is 17.4. The second-order valence-electron chi connectivity index (χ2n) is 4.84. The first kappa shape index (κ1) is 17.7. The van der Waals surface area contributed by atoms with Gasteiger partial charge in [0.05, 0.1) is 11.8 Å². The lowest BCUT2D eigenvalue weighted by Crippen LogP contribution is -2.29. The van der Waals surface area contributed by atoms with Crippen LogP contribution in [0.4, 0.5) is 0 Å². The number of nitrogens with zero attached hydrogens (tertiary/aromatic N) is 1. The van der Waals surface area contributed by atoms with Crippen LogP contribution >= 0.6 is 15.9 Å². The van der Waals surface area contributed by atoms with Gasteiger partial charge in [0.1, 0.15) is 5.75 Å². The fraction of sp³-hybridized carbons (Fsp3) is 0.118. The SMILES string of the molecule is O=C(CCNC(=O)c1ccccc1Br)N/N=C/c1ccccc1O. The maximum absolute atomic E-state index is 12.0. The maximum Gasteiger partial charge on any atom is 0.252 e. The fourth-order valence-electron chi connectivity index (χ4n) is 1.86. The Kier molecular flexibility index (Phi) is 6.51. The number of amides is 2. The summed E-state index contributed by atoms with van der Waals surface area (Å²) >= 11 is 3.30. The van der Waals surface area contributed by atoms with Gasteiger partial charge in [-0.2, -0.15) is 5.10 Å². The highest BCUT2D eigenvalue weighted by Crippen LogP contribution is 2.15. The molecule has 0 aliphatic heterocycles. The van der Waals surface area contributed by atoms with E-state index in [0.29, 0.717) is 15.6 Å². The molecule has 0 saturated carbocycles. The Morgan fingerprint density at radius 1 is 1.12 bits per heavy atom. The van der Waals surface area contributed by atoms with Crippen molar-refractivity contribution in [1.29, 1.82) is 0 Å². The van der Waals surface area contributed by atoms with Gasteiger partial charge in [0.2, 0.25) is 5.91 Å². The number of hydrogen-bond donors (Lipinski definition) is 3. The van der Waals surface area contributed by atoms with Crippen molar-refractivity contribution in [3.63, 3.8) is 0 Å². The lowest BCUT2D eigenvalue weighted by Gasteiger charge is -2.06. The van der Waals surface area contributed by atoms with E-state index < -0.39 is 0 Å². The molecule has 0 radical (unpaired) electrons. The minimum atomic E-state index is -0.339. The molecule has 124 valence electrons. The van der Waals surface area contributed by atoms with Crippen LogP contribution in [-0.4, -0.2) is 29.7 Å². The fourth-order valence-corrected chi connectivity index (χ4v) is 2.32. The summed E-state index contributed by atoms with van der Waals surface area (Å²) in [5.74, 6) is -0.515. The Balaban J connectivity index is 1.75. The minimum Gasteiger partial charge on any atom is -0.507 e. The van der Waals surface area contributed by atoms with Crippen molar-refractivity contribution in [2.45, 2.75) is 6.42 Å². The van der Waals surface area contributed by atoms with Crippen LogP contribution in [0, 0.1) is 0 Å². The third-order valence-corrected chi connectivity index (χ3v) is 3.78. The van der Waals surface area contributed by atoms with Gasteiger partial charge in [0.25, 0.3) is 5.91 Å². The number of phenols is 1. The van der Waals surface area contributed by atoms with Crippen molar-refractivity contribution in [2.24, 2.45) is 5.10 Å². The van der Waals surface area contributed by atoms with Crippen LogP contribution in [-0.2, 0) is 4.79 Å². The second kappa shape index (κ2) is 8.83. The normalized spacial score (nSPS) is 10.5. The van der Waals surface area contributed by atoms with E-state index in [-0.39, 0.29) is 30.5 Å². The summed E-state index contributed by atoms with van der Waals surface area (Å²) in [4.78, 5) is 23.6. The van der Waals surface area contributed by atoms with Crippen molar-refractivity contribution in [3.8, 4) is 5.75 Å². The van der Waals surface area contributed by atoms with Crippen LogP contribution in [0.25, 0.3) is 0 Å². The molecule has 2 amide bonds. The molecule has 6 nitrogen and oxygen atoms in total. The summed E-state index contributed by atoms with van der Waals surface area (Å²) in [6, 6.07) is 13.7. The van der Waals surface area contributed by atoms with E-state index >= 15 is 0 Å². The smallest absolute Gasteiger partial charge is 0.252 e. The number of phenolic OH excluding ortho intramolecular Hbond substituents is 1. The molecule has 2 aromatic rings. The van der Waals surface area contributed by atoms with Gasteiger partial charge in [-0.25, -0.2) is 5.43 Å². The monoisotopic (exact) mass is 389 g/mol. The topological polar surface area (TPSA) is 90.8 Å². The number of hydrogen-bond acceptors (Lipinski definition) is 4. The number of carbonyl (C=O) groups excluding carboxylic acids is 2. The lowest BCUT2D eigenvalue weighted by molar-refractivity contribution is -0.120. The Bertz CT molecular complexity index is 762. The number of nitrogens with one attached hydrogen (secondary N) is 2. The third kappa shape index (κ3) is 5.20. The number of carbonyl (C=O) groups is 2. The molecule has 2 aromatic carbocycles. The van der Waals surface area contributed by atoms with Gasteiger partial charge in [0, 0.05) is 23.0 Å². The number of aromatic hydroxyl groups is 1. The molecule has 0 aliphatic carbocycles. The molecule has 24 heavy (non-hydrogen) atoms. The summed E-state index contributed by atoms with van der Waals surface area (Å²) in [5, 5.41) is 16.0. The van der Waals surface area contributed by atoms with Crippen molar-refractivity contribution in [2.75, 3.05) is 6.54 Å². The van der Waals surface area contributed by atoms with Crippen LogP contribution in [0.15, 0.2) is 58.1 Å². The molecular weight excluding hydrogens is 374 g/mol. The number of benzene rings is 2. The third-order valence-electron chi connectivity index (χ3n) is 3.09. The molecule has 0 atom stereocenters. The predicted molar refractivity (Wildman–Crippen MR) is 94.9 cm³/mol. The number of para-hydroxylation sites is 1. The molecule has 0 aromatic heterocycles. The first-order valence-corrected chi connectivity index (χ1v) is 8.00. The Hall–Kier alpha value is -2.67. The average molecular weight is 390 g/mol. The highest BCUT2D eigenvalue weighted by Gasteiger charge is 2.09. The average Bonchev–Trinajstić information content (AvgIpc) is 2.57. The van der Waals surface area contributed by atoms with E-state index in [1.165, 1.54) is 12.3 Å². The number of rotatable bonds is 6. The van der Waals surface area contributed by atoms with Gasteiger partial charge in [-0.1, -0.05) is 24.3 Å². The van der Waals surface area contributed by atoms with Crippen molar-refractivity contribution >= 4 is 34.0 Å². The largest absolute Gasteiger partial charge is 0.507 e. The van der Waals surface area contributed by atoms with Crippen molar-refractivity contribution < 1.29 is 14.7 Å². The van der Waals surface area contributed by atoms with Crippen molar-refractivity contribution in [3.05, 3.63) is 64.1 Å². The lowest BCUT2D eigenvalue weighted by atomic mass is 10.2. The molecule has 0 fully saturated rings. The summed E-state index contributed by atoms with van der Waals surface area (Å²) in [5.41, 5.74) is 3.35. The summed E-state index contributed by atoms with van der Waals surface area (Å²) in [6.45, 7) is 0.193. The second-order valence-corrected chi connectivity index (χ2v) is 5.69. The van der Waals surface area contributed by atoms with Gasteiger partial charge in [0.15, 0.2) is 0 Å². The highest BCUT2D eigenvalue weighted by atomic mass is 79.9. The molecule has 0 saturated heterocycles. The maximum atomic E-state index is 12.0. The van der Waals surface area contributed by atoms with Gasteiger partial charge >= 0.3 is 0 Å². The molecule has 0 unspecified atom stereocenters. The van der Waals surface area contributed by atoms with E-state index in [0.717, 1.165) is 0 Å². The standard InChI is InChI=1S/C17H16BrN3O3/c18-14-7-3-2-6-13(14)17(24)19-10-9-16(23)21-20-11-12-5-1-4-8-15(12)22/h1-8,11,22H,9-10H2,(H,19,24)(H,21,23)/b20-11+. The van der Waals surface area contributed by atoms with E-state index in [2.05, 4.69) is 31.8 Å². The Morgan fingerprint density at radius 2 is 1.83 bits per heavy atom. The van der Waals surface area contributed by atoms with E-state index in [1.54, 1.807) is 36.4 Å². The molecule has 0 heterocycles. The van der Waals surface area contributed by atoms with Crippen LogP contribution in [0.2, 0.25) is 0 Å². The first-order chi connectivity index (χ1) is 11.6. The summed E-state index contributed by atoms with van der Waals surface area (Å²) < 4.78 is 0.694. The van der Waals surface area contributed by atoms with Crippen LogP contribution in [0.3, 0.4) is 0 Å². The predicted octanol–water partition coefficient (Wildman–Crippen LogP) is 2.42. The number of hydrazone groups is 1. The number of halogens is 1. The zero-order valence-electron chi connectivity index (χ0n) is 12.7. The molecular formula is C17H16BrN3O3. The molecule has 3 N–H and O–H groups in total. The molecule has 0 spiro atoms.